The highest BCUT2D eigenvalue weighted by atomic mass is 35.5. The molecule has 0 spiro atoms. The topological polar surface area (TPSA) is 121 Å². The van der Waals surface area contributed by atoms with Crippen molar-refractivity contribution in [3.8, 4) is 0 Å². The molecule has 11 heteroatoms. The van der Waals surface area contributed by atoms with Crippen molar-refractivity contribution >= 4 is 55.7 Å². The van der Waals surface area contributed by atoms with Gasteiger partial charge in [-0.1, -0.05) is 11.6 Å². The maximum atomic E-state index is 12.2. The minimum atomic E-state index is -3.57. The maximum Gasteiger partial charge on any atom is 0.255 e. The highest BCUT2D eigenvalue weighted by Gasteiger charge is 2.29. The van der Waals surface area contributed by atoms with Gasteiger partial charge in [-0.25, -0.2) is 8.42 Å². The molecule has 0 bridgehead atoms. The summed E-state index contributed by atoms with van der Waals surface area (Å²) in [6.45, 7) is 0. The van der Waals surface area contributed by atoms with Gasteiger partial charge in [0, 0.05) is 6.42 Å². The highest BCUT2D eigenvalue weighted by molar-refractivity contribution is 7.92. The quantitative estimate of drug-likeness (QED) is 0.663. The smallest absolute Gasteiger partial charge is 0.255 e. The second-order valence-electron chi connectivity index (χ2n) is 4.64. The highest BCUT2D eigenvalue weighted by Crippen LogP contribution is 2.32. The van der Waals surface area contributed by atoms with Crippen LogP contribution in [0.5, 0.6) is 0 Å². The van der Waals surface area contributed by atoms with Crippen molar-refractivity contribution in [2.45, 2.75) is 18.9 Å². The van der Waals surface area contributed by atoms with E-state index < -0.39 is 33.8 Å². The van der Waals surface area contributed by atoms with Crippen LogP contribution in [0.1, 0.15) is 23.2 Å². The van der Waals surface area contributed by atoms with Gasteiger partial charge in [0.1, 0.15) is 11.0 Å². The lowest BCUT2D eigenvalue weighted by molar-refractivity contribution is -0.134. The first-order valence-corrected chi connectivity index (χ1v) is 9.16. The fraction of sp³-hybridized carbons (Fsp3) is 0.364. The molecular formula is C11H12ClN3O5S2. The number of nitrogens with one attached hydrogen (secondary N) is 3. The third-order valence-electron chi connectivity index (χ3n) is 2.77. The fourth-order valence-corrected chi connectivity index (χ4v) is 3.88. The molecule has 0 radical (unpaired) electrons. The van der Waals surface area contributed by atoms with E-state index in [2.05, 4.69) is 15.4 Å². The number of amides is 3. The van der Waals surface area contributed by atoms with Crippen LogP contribution in [0.2, 0.25) is 4.34 Å². The van der Waals surface area contributed by atoms with Crippen LogP contribution < -0.4 is 15.4 Å². The lowest BCUT2D eigenvalue weighted by Gasteiger charge is -2.21. The summed E-state index contributed by atoms with van der Waals surface area (Å²) in [7, 11) is -3.57. The number of halogens is 1. The molecule has 2 heterocycles. The summed E-state index contributed by atoms with van der Waals surface area (Å²) in [5.74, 6) is -1.64. The maximum absolute atomic E-state index is 12.2. The van der Waals surface area contributed by atoms with E-state index in [0.717, 1.165) is 17.6 Å². The van der Waals surface area contributed by atoms with Crippen molar-refractivity contribution in [1.29, 1.82) is 0 Å². The summed E-state index contributed by atoms with van der Waals surface area (Å²) in [4.78, 5) is 34.9. The Labute approximate surface area is 135 Å². The molecule has 1 saturated heterocycles. The first-order valence-electron chi connectivity index (χ1n) is 6.07. The Balaban J connectivity index is 2.16. The van der Waals surface area contributed by atoms with E-state index in [1.54, 1.807) is 0 Å². The number of carbonyl (C=O) groups is 3. The molecule has 120 valence electrons. The van der Waals surface area contributed by atoms with Gasteiger partial charge in [0.2, 0.25) is 21.8 Å². The number of hydrogen-bond donors (Lipinski definition) is 3. The molecule has 8 nitrogen and oxygen atoms in total. The number of carbonyl (C=O) groups excluding carboxylic acids is 3. The Bertz CT molecular complexity index is 743. The molecule has 0 saturated carbocycles. The molecule has 3 amide bonds. The third-order valence-corrected chi connectivity index (χ3v) is 4.65. The largest absolute Gasteiger partial charge is 0.340 e. The van der Waals surface area contributed by atoms with Crippen LogP contribution >= 0.6 is 22.9 Å². The molecular weight excluding hydrogens is 354 g/mol. The second kappa shape index (κ2) is 6.23. The van der Waals surface area contributed by atoms with E-state index >= 15 is 0 Å². The summed E-state index contributed by atoms with van der Waals surface area (Å²) in [6.07, 6.45) is 1.25. The van der Waals surface area contributed by atoms with Crippen LogP contribution in [0.3, 0.4) is 0 Å². The average Bonchev–Trinajstić information content (AvgIpc) is 2.71. The predicted octanol–water partition coefficient (Wildman–Crippen LogP) is 0.308. The van der Waals surface area contributed by atoms with E-state index in [0.29, 0.717) is 0 Å². The molecule has 2 rings (SSSR count). The van der Waals surface area contributed by atoms with Crippen molar-refractivity contribution < 1.29 is 22.8 Å². The van der Waals surface area contributed by atoms with E-state index in [-0.39, 0.29) is 27.7 Å². The van der Waals surface area contributed by atoms with Crippen molar-refractivity contribution in [3.05, 3.63) is 16.0 Å². The van der Waals surface area contributed by atoms with Gasteiger partial charge in [0.15, 0.2) is 0 Å². The van der Waals surface area contributed by atoms with E-state index in [9.17, 15) is 22.8 Å². The van der Waals surface area contributed by atoms with Gasteiger partial charge in [0.05, 0.1) is 16.2 Å². The molecule has 3 N–H and O–H groups in total. The van der Waals surface area contributed by atoms with E-state index in [1.165, 1.54) is 6.07 Å². The third kappa shape index (κ3) is 4.18. The Kier molecular flexibility index (Phi) is 4.73. The Morgan fingerprint density at radius 2 is 2.14 bits per heavy atom. The number of sulfonamides is 1. The zero-order chi connectivity index (χ0) is 16.5. The number of piperidine rings is 1. The van der Waals surface area contributed by atoms with Gasteiger partial charge in [-0.05, 0) is 12.5 Å². The van der Waals surface area contributed by atoms with Crippen LogP contribution in [0.25, 0.3) is 0 Å². The molecule has 22 heavy (non-hydrogen) atoms. The van der Waals surface area contributed by atoms with Crippen LogP contribution in [0, 0.1) is 0 Å². The standard InChI is InChI=1S/C11H12ClN3O5S2/c1-22(19,20)15-11-5(4-7(12)21-11)9(17)13-6-2-3-8(16)14-10(6)18/h4,6,15H,2-3H2,1H3,(H,13,17)(H,14,16,18). The molecule has 1 atom stereocenters. The van der Waals surface area contributed by atoms with Gasteiger partial charge < -0.3 is 5.32 Å². The first-order chi connectivity index (χ1) is 10.2. The Hall–Kier alpha value is -1.65. The Morgan fingerprint density at radius 1 is 1.45 bits per heavy atom. The van der Waals surface area contributed by atoms with Gasteiger partial charge >= 0.3 is 0 Å². The fourth-order valence-electron chi connectivity index (χ4n) is 1.84. The zero-order valence-corrected chi connectivity index (χ0v) is 13.7. The van der Waals surface area contributed by atoms with Crippen molar-refractivity contribution in [3.63, 3.8) is 0 Å². The minimum absolute atomic E-state index is 0.0186. The zero-order valence-electron chi connectivity index (χ0n) is 11.3. The molecule has 0 aromatic carbocycles. The van der Waals surface area contributed by atoms with Crippen LogP contribution in [-0.4, -0.2) is 38.4 Å². The lowest BCUT2D eigenvalue weighted by atomic mass is 10.1. The lowest BCUT2D eigenvalue weighted by Crippen LogP contribution is -2.52. The van der Waals surface area contributed by atoms with Crippen LogP contribution in [0.4, 0.5) is 5.00 Å². The predicted molar refractivity (Wildman–Crippen MR) is 81.4 cm³/mol. The van der Waals surface area contributed by atoms with Crippen molar-refractivity contribution in [2.24, 2.45) is 0 Å². The van der Waals surface area contributed by atoms with E-state index in [4.69, 9.17) is 11.6 Å². The molecule has 1 fully saturated rings. The number of rotatable bonds is 4. The van der Waals surface area contributed by atoms with Crippen LogP contribution in [-0.2, 0) is 19.6 Å². The van der Waals surface area contributed by atoms with Crippen LogP contribution in [0.15, 0.2) is 6.07 Å². The summed E-state index contributed by atoms with van der Waals surface area (Å²) < 4.78 is 25.0. The van der Waals surface area contributed by atoms with Gasteiger partial charge in [-0.15, -0.1) is 11.3 Å². The van der Waals surface area contributed by atoms with Gasteiger partial charge in [-0.2, -0.15) is 0 Å². The summed E-state index contributed by atoms with van der Waals surface area (Å²) in [5.41, 5.74) is 0.0186. The molecule has 1 aromatic rings. The number of anilines is 1. The summed E-state index contributed by atoms with van der Waals surface area (Å²) in [5, 5.41) is 4.64. The SMILES string of the molecule is CS(=O)(=O)Nc1sc(Cl)cc1C(=O)NC1CCC(=O)NC1=O. The average molecular weight is 366 g/mol. The molecule has 1 aliphatic rings. The molecule has 0 aliphatic carbocycles. The summed E-state index contributed by atoms with van der Waals surface area (Å²) in [6, 6.07) is 0.455. The molecule has 1 unspecified atom stereocenters. The second-order valence-corrected chi connectivity index (χ2v) is 8.08. The Morgan fingerprint density at radius 3 is 2.73 bits per heavy atom. The molecule has 1 aliphatic heterocycles. The van der Waals surface area contributed by atoms with E-state index in [1.807, 2.05) is 0 Å². The van der Waals surface area contributed by atoms with Gasteiger partial charge in [0.25, 0.3) is 5.91 Å². The number of imide groups is 1. The normalized spacial score (nSPS) is 18.7. The molecule has 1 aromatic heterocycles. The summed E-state index contributed by atoms with van der Waals surface area (Å²) >= 11 is 6.70. The number of hydrogen-bond acceptors (Lipinski definition) is 6. The minimum Gasteiger partial charge on any atom is -0.340 e. The number of thiophene rings is 1. The monoisotopic (exact) mass is 365 g/mol. The first kappa shape index (κ1) is 16.7. The van der Waals surface area contributed by atoms with Crippen molar-refractivity contribution in [2.75, 3.05) is 11.0 Å². The van der Waals surface area contributed by atoms with Gasteiger partial charge in [-0.3, -0.25) is 24.4 Å². The van der Waals surface area contributed by atoms with Crippen molar-refractivity contribution in [1.82, 2.24) is 10.6 Å².